The van der Waals surface area contributed by atoms with Crippen molar-refractivity contribution >= 4 is 28.3 Å². The first-order chi connectivity index (χ1) is 18.9. The summed E-state index contributed by atoms with van der Waals surface area (Å²) >= 11 is 0. The zero-order valence-electron chi connectivity index (χ0n) is 21.5. The van der Waals surface area contributed by atoms with Gasteiger partial charge in [-0.25, -0.2) is 9.50 Å². The van der Waals surface area contributed by atoms with Gasteiger partial charge in [0.15, 0.2) is 11.5 Å². The number of hydrogen-bond donors (Lipinski definition) is 2. The molecule has 6 aromatic rings. The maximum atomic E-state index is 10.9. The highest BCUT2D eigenvalue weighted by Crippen LogP contribution is 2.28. The zero-order chi connectivity index (χ0) is 27.4. The monoisotopic (exact) mass is 514 g/mol. The first-order valence-corrected chi connectivity index (χ1v) is 12.3. The van der Waals surface area contributed by atoms with Crippen molar-refractivity contribution in [3.8, 4) is 23.0 Å². The van der Waals surface area contributed by atoms with Crippen LogP contribution in [0.25, 0.3) is 27.7 Å². The molecule has 9 nitrogen and oxygen atoms in total. The normalized spacial score (nSPS) is 10.5. The van der Waals surface area contributed by atoms with Crippen LogP contribution in [0.15, 0.2) is 85.5 Å². The third-order valence-electron chi connectivity index (χ3n) is 6.07. The molecule has 4 heterocycles. The Balaban J connectivity index is 0.000000198. The number of aromatic nitrogens is 6. The van der Waals surface area contributed by atoms with Gasteiger partial charge in [0, 0.05) is 47.8 Å². The van der Waals surface area contributed by atoms with Crippen LogP contribution in [0.3, 0.4) is 0 Å². The molecule has 39 heavy (non-hydrogen) atoms. The van der Waals surface area contributed by atoms with Crippen molar-refractivity contribution in [3.05, 3.63) is 108 Å². The molecule has 0 unspecified atom stereocenters. The van der Waals surface area contributed by atoms with E-state index in [1.165, 1.54) is 15.6 Å². The van der Waals surface area contributed by atoms with Gasteiger partial charge in [-0.15, -0.1) is 5.10 Å². The topological polar surface area (TPSA) is 130 Å². The number of nitrogens with zero attached hydrogens (tertiary/aromatic N) is 6. The largest absolute Gasteiger partial charge is 0.381 e. The predicted octanol–water partition coefficient (Wildman–Crippen LogP) is 4.01. The van der Waals surface area contributed by atoms with Crippen molar-refractivity contribution in [2.75, 3.05) is 5.73 Å². The van der Waals surface area contributed by atoms with E-state index in [1.54, 1.807) is 29.3 Å². The fourth-order valence-electron chi connectivity index (χ4n) is 4.25. The molecule has 0 aliphatic heterocycles. The fraction of sp³-hybridized carbons (Fsp3) is 0.100. The average Bonchev–Trinajstić information content (AvgIpc) is 3.53. The average molecular weight is 515 g/mol. The second kappa shape index (κ2) is 10.9. The van der Waals surface area contributed by atoms with E-state index < -0.39 is 5.91 Å². The highest BCUT2D eigenvalue weighted by molar-refractivity contribution is 6.03. The van der Waals surface area contributed by atoms with Gasteiger partial charge in [0.25, 0.3) is 5.91 Å². The number of fused-ring (bicyclic) bond motifs is 2. The van der Waals surface area contributed by atoms with Gasteiger partial charge >= 0.3 is 0 Å². The summed E-state index contributed by atoms with van der Waals surface area (Å²) in [6.07, 6.45) is 7.78. The third kappa shape index (κ3) is 5.31. The van der Waals surface area contributed by atoms with Crippen molar-refractivity contribution in [2.24, 2.45) is 12.8 Å². The molecule has 0 saturated carbocycles. The summed E-state index contributed by atoms with van der Waals surface area (Å²) in [6.45, 7) is 2.15. The van der Waals surface area contributed by atoms with E-state index in [2.05, 4.69) is 70.3 Å². The van der Waals surface area contributed by atoms with E-state index in [0.717, 1.165) is 34.1 Å². The highest BCUT2D eigenvalue weighted by Gasteiger charge is 2.15. The van der Waals surface area contributed by atoms with E-state index in [-0.39, 0.29) is 11.4 Å². The Morgan fingerprint density at radius 1 is 1.05 bits per heavy atom. The van der Waals surface area contributed by atoms with Gasteiger partial charge in [-0.05, 0) is 36.2 Å². The number of benzene rings is 2. The smallest absolute Gasteiger partial charge is 0.256 e. The minimum absolute atomic E-state index is 0.103. The highest BCUT2D eigenvalue weighted by atomic mass is 16.1. The molecular formula is C30H26N8O. The molecule has 4 N–H and O–H groups in total. The number of aryl methyl sites for hydroxylation is 2. The molecule has 0 atom stereocenters. The van der Waals surface area contributed by atoms with Gasteiger partial charge in [0.1, 0.15) is 5.56 Å². The van der Waals surface area contributed by atoms with Crippen LogP contribution < -0.4 is 11.5 Å². The number of anilines is 1. The van der Waals surface area contributed by atoms with Crippen molar-refractivity contribution in [1.82, 2.24) is 29.4 Å². The molecule has 0 fully saturated rings. The SMILES string of the molecule is CCc1nc2cccc(C#Cc3cnn(C)c3)c2cc1-c1ccccc1.NC(=O)c1c(N)nn2cccnc12. The molecule has 0 aliphatic rings. The number of amides is 1. The van der Waals surface area contributed by atoms with Crippen LogP contribution in [0.1, 0.15) is 34.1 Å². The number of carbonyl (C=O) groups is 1. The molecule has 6 rings (SSSR count). The fourth-order valence-corrected chi connectivity index (χ4v) is 4.25. The van der Waals surface area contributed by atoms with Crippen LogP contribution in [0, 0.1) is 11.8 Å². The standard InChI is InChI=1S/C23H19N3.C7H7N5O/c1-3-22-20(18-8-5-4-6-9-18)14-21-19(10-7-11-23(21)25-22)13-12-17-15-24-26(2)16-17;8-5-4(6(9)13)7-10-2-1-3-12(7)11-5/h4-11,14-16H,3H2,1-2H3;1-3H,(H2,8,11)(H2,9,13). The number of rotatable bonds is 3. The van der Waals surface area contributed by atoms with E-state index in [0.29, 0.717) is 5.65 Å². The van der Waals surface area contributed by atoms with Gasteiger partial charge in [-0.2, -0.15) is 5.10 Å². The second-order valence-corrected chi connectivity index (χ2v) is 8.74. The first kappa shape index (κ1) is 25.2. The lowest BCUT2D eigenvalue weighted by molar-refractivity contribution is 0.100. The lowest BCUT2D eigenvalue weighted by Crippen LogP contribution is -2.12. The van der Waals surface area contributed by atoms with Gasteiger partial charge in [0.05, 0.1) is 17.3 Å². The minimum atomic E-state index is -0.619. The number of pyridine rings is 1. The van der Waals surface area contributed by atoms with Crippen molar-refractivity contribution in [2.45, 2.75) is 13.3 Å². The van der Waals surface area contributed by atoms with Gasteiger partial charge in [0.2, 0.25) is 0 Å². The maximum Gasteiger partial charge on any atom is 0.256 e. The number of hydrogen-bond acceptors (Lipinski definition) is 6. The molecule has 0 spiro atoms. The lowest BCUT2D eigenvalue weighted by Gasteiger charge is -2.10. The molecule has 0 aliphatic carbocycles. The Morgan fingerprint density at radius 2 is 1.87 bits per heavy atom. The molecule has 0 radical (unpaired) electrons. The van der Waals surface area contributed by atoms with Crippen LogP contribution in [0.2, 0.25) is 0 Å². The lowest BCUT2D eigenvalue weighted by atomic mass is 9.98. The molecule has 9 heteroatoms. The van der Waals surface area contributed by atoms with Crippen molar-refractivity contribution < 1.29 is 4.79 Å². The maximum absolute atomic E-state index is 10.9. The van der Waals surface area contributed by atoms with Crippen molar-refractivity contribution in [1.29, 1.82) is 0 Å². The Labute approximate surface area is 225 Å². The summed E-state index contributed by atoms with van der Waals surface area (Å²) in [4.78, 5) is 19.8. The van der Waals surface area contributed by atoms with Crippen LogP contribution >= 0.6 is 0 Å². The Bertz CT molecular complexity index is 1860. The molecule has 0 bridgehead atoms. The number of carbonyl (C=O) groups excluding carboxylic acids is 1. The van der Waals surface area contributed by atoms with Gasteiger partial charge < -0.3 is 11.5 Å². The third-order valence-corrected chi connectivity index (χ3v) is 6.07. The molecule has 4 aromatic heterocycles. The van der Waals surface area contributed by atoms with E-state index in [1.807, 2.05) is 31.4 Å². The summed E-state index contributed by atoms with van der Waals surface area (Å²) in [7, 11) is 1.89. The number of primary amides is 1. The second-order valence-electron chi connectivity index (χ2n) is 8.74. The zero-order valence-corrected chi connectivity index (χ0v) is 21.5. The van der Waals surface area contributed by atoms with Crippen LogP contribution in [0.5, 0.6) is 0 Å². The Kier molecular flexibility index (Phi) is 7.01. The van der Waals surface area contributed by atoms with Crippen molar-refractivity contribution in [3.63, 3.8) is 0 Å². The van der Waals surface area contributed by atoms with E-state index in [9.17, 15) is 4.79 Å². The van der Waals surface area contributed by atoms with Crippen LogP contribution in [0.4, 0.5) is 5.82 Å². The van der Waals surface area contributed by atoms with E-state index >= 15 is 0 Å². The summed E-state index contributed by atoms with van der Waals surface area (Å²) in [5.41, 5.74) is 17.5. The number of nitrogen functional groups attached to an aromatic ring is 1. The Morgan fingerprint density at radius 3 is 2.59 bits per heavy atom. The summed E-state index contributed by atoms with van der Waals surface area (Å²) < 4.78 is 3.17. The van der Waals surface area contributed by atoms with Gasteiger partial charge in [-0.1, -0.05) is 55.2 Å². The molecular weight excluding hydrogens is 488 g/mol. The molecule has 0 saturated heterocycles. The predicted molar refractivity (Wildman–Crippen MR) is 152 cm³/mol. The van der Waals surface area contributed by atoms with Gasteiger partial charge in [-0.3, -0.25) is 14.5 Å². The molecule has 192 valence electrons. The van der Waals surface area contributed by atoms with E-state index in [4.69, 9.17) is 16.5 Å². The van der Waals surface area contributed by atoms with Crippen LogP contribution in [-0.2, 0) is 13.5 Å². The molecule has 1 amide bonds. The number of nitrogens with two attached hydrogens (primary N) is 2. The van der Waals surface area contributed by atoms with Crippen LogP contribution in [-0.4, -0.2) is 35.3 Å². The summed E-state index contributed by atoms with van der Waals surface area (Å²) in [6, 6.07) is 20.5. The summed E-state index contributed by atoms with van der Waals surface area (Å²) in [5.74, 6) is 5.97. The quantitative estimate of drug-likeness (QED) is 0.343. The summed E-state index contributed by atoms with van der Waals surface area (Å²) in [5, 5.41) is 9.12. The Hall–Kier alpha value is -5.49. The molecule has 2 aromatic carbocycles. The minimum Gasteiger partial charge on any atom is -0.381 e. The first-order valence-electron chi connectivity index (χ1n) is 12.3.